The summed E-state index contributed by atoms with van der Waals surface area (Å²) in [4.78, 5) is 12.5. The second-order valence-corrected chi connectivity index (χ2v) is 10.4. The highest BCUT2D eigenvalue weighted by atomic mass is 35.5. The molecule has 0 unspecified atom stereocenters. The van der Waals surface area contributed by atoms with E-state index in [4.69, 9.17) is 21.1 Å². The van der Waals surface area contributed by atoms with Crippen LogP contribution in [0.15, 0.2) is 71.8 Å². The van der Waals surface area contributed by atoms with E-state index in [9.17, 15) is 13.2 Å². The predicted octanol–water partition coefficient (Wildman–Crippen LogP) is 4.80. The second kappa shape index (κ2) is 13.1. The van der Waals surface area contributed by atoms with Gasteiger partial charge in [0, 0.05) is 5.02 Å². The van der Waals surface area contributed by atoms with E-state index in [1.54, 1.807) is 36.4 Å². The van der Waals surface area contributed by atoms with Gasteiger partial charge in [-0.25, -0.2) is 13.8 Å². The molecule has 0 spiro atoms. The minimum Gasteiger partial charge on any atom is -0.490 e. The lowest BCUT2D eigenvalue weighted by Crippen LogP contribution is -2.39. The highest BCUT2D eigenvalue weighted by Gasteiger charge is 2.22. The van der Waals surface area contributed by atoms with Gasteiger partial charge >= 0.3 is 0 Å². The molecule has 0 heterocycles. The van der Waals surface area contributed by atoms with Gasteiger partial charge in [0.2, 0.25) is 10.0 Å². The number of carbonyl (C=O) groups is 1. The first-order valence-corrected chi connectivity index (χ1v) is 14.0. The van der Waals surface area contributed by atoms with Crippen molar-refractivity contribution >= 4 is 39.4 Å². The van der Waals surface area contributed by atoms with Gasteiger partial charge in [0.05, 0.1) is 24.8 Å². The fourth-order valence-corrected chi connectivity index (χ4v) is 4.66. The maximum Gasteiger partial charge on any atom is 0.260 e. The molecule has 10 heteroatoms. The number of hydrazone groups is 1. The third-order valence-corrected chi connectivity index (χ3v) is 6.64. The van der Waals surface area contributed by atoms with E-state index >= 15 is 0 Å². The van der Waals surface area contributed by atoms with Crippen molar-refractivity contribution in [2.45, 2.75) is 26.9 Å². The molecule has 8 nitrogen and oxygen atoms in total. The minimum absolute atomic E-state index is 0.322. The Kier molecular flexibility index (Phi) is 9.93. The monoisotopic (exact) mass is 543 g/mol. The Labute approximate surface area is 222 Å². The number of anilines is 1. The van der Waals surface area contributed by atoms with Crippen LogP contribution in [0.1, 0.15) is 30.5 Å². The fraction of sp³-hybridized carbons (Fsp3) is 0.259. The molecule has 0 bridgehead atoms. The SMILES string of the molecule is CCOc1cc(C=NNC(=O)CN(c2ccccc2CC)S(C)(=O)=O)ccc1OCc1cccc(Cl)c1. The summed E-state index contributed by atoms with van der Waals surface area (Å²) in [5, 5.41) is 4.62. The molecule has 0 saturated heterocycles. The van der Waals surface area contributed by atoms with Crippen LogP contribution in [0.5, 0.6) is 11.5 Å². The number of nitrogens with one attached hydrogen (secondary N) is 1. The first-order chi connectivity index (χ1) is 17.7. The van der Waals surface area contributed by atoms with Crippen LogP contribution in [0, 0.1) is 0 Å². The number of halogens is 1. The first kappa shape index (κ1) is 28.0. The van der Waals surface area contributed by atoms with Crippen LogP contribution in [0.3, 0.4) is 0 Å². The highest BCUT2D eigenvalue weighted by Crippen LogP contribution is 2.29. The molecule has 0 radical (unpaired) electrons. The molecule has 37 heavy (non-hydrogen) atoms. The third kappa shape index (κ3) is 8.23. The Morgan fingerprint density at radius 2 is 1.81 bits per heavy atom. The van der Waals surface area contributed by atoms with Crippen LogP contribution < -0.4 is 19.2 Å². The van der Waals surface area contributed by atoms with Crippen LogP contribution in [-0.4, -0.2) is 39.9 Å². The van der Waals surface area contributed by atoms with Gasteiger partial charge in [-0.1, -0.05) is 48.9 Å². The number of carbonyl (C=O) groups excluding carboxylic acids is 1. The van der Waals surface area contributed by atoms with Gasteiger partial charge in [-0.05, 0) is 66.4 Å². The van der Waals surface area contributed by atoms with Crippen molar-refractivity contribution in [2.75, 3.05) is 23.7 Å². The lowest BCUT2D eigenvalue weighted by molar-refractivity contribution is -0.119. The number of hydrogen-bond acceptors (Lipinski definition) is 6. The first-order valence-electron chi connectivity index (χ1n) is 11.7. The zero-order valence-corrected chi connectivity index (χ0v) is 22.6. The standard InChI is InChI=1S/C27H30ClN3O5S/c1-4-22-10-6-7-12-24(22)31(37(3,33)34)18-27(32)30-29-17-20-13-14-25(26(16-20)35-5-2)36-19-21-9-8-11-23(28)15-21/h6-17H,4-5,18-19H2,1-3H3,(H,30,32). The van der Waals surface area contributed by atoms with Crippen molar-refractivity contribution in [3.8, 4) is 11.5 Å². The van der Waals surface area contributed by atoms with Crippen LogP contribution >= 0.6 is 11.6 Å². The van der Waals surface area contributed by atoms with Crippen molar-refractivity contribution in [1.82, 2.24) is 5.43 Å². The van der Waals surface area contributed by atoms with Crippen molar-refractivity contribution in [3.63, 3.8) is 0 Å². The molecule has 3 aromatic carbocycles. The number of para-hydroxylation sites is 1. The van der Waals surface area contributed by atoms with Gasteiger partial charge in [0.1, 0.15) is 13.2 Å². The van der Waals surface area contributed by atoms with Crippen molar-refractivity contribution in [2.24, 2.45) is 5.10 Å². The van der Waals surface area contributed by atoms with E-state index in [2.05, 4.69) is 10.5 Å². The molecule has 3 aromatic rings. The average molecular weight is 544 g/mol. The summed E-state index contributed by atoms with van der Waals surface area (Å²) in [6, 6.07) is 19.8. The molecule has 0 aromatic heterocycles. The third-order valence-electron chi connectivity index (χ3n) is 5.28. The Balaban J connectivity index is 1.67. The summed E-state index contributed by atoms with van der Waals surface area (Å²) in [6.45, 7) is 4.15. The molecule has 1 N–H and O–H groups in total. The quantitative estimate of drug-likeness (QED) is 0.261. The van der Waals surface area contributed by atoms with Crippen LogP contribution in [0.2, 0.25) is 5.02 Å². The molecule has 0 saturated carbocycles. The molecule has 0 aliphatic rings. The number of nitrogens with zero attached hydrogens (tertiary/aromatic N) is 2. The van der Waals surface area contributed by atoms with Gasteiger partial charge in [-0.3, -0.25) is 9.10 Å². The largest absolute Gasteiger partial charge is 0.490 e. The molecule has 196 valence electrons. The Hall–Kier alpha value is -3.56. The van der Waals surface area contributed by atoms with E-state index in [1.807, 2.05) is 44.2 Å². The molecule has 3 rings (SSSR count). The molecule has 1 amide bonds. The van der Waals surface area contributed by atoms with E-state index < -0.39 is 22.5 Å². The Bertz CT molecular complexity index is 1360. The minimum atomic E-state index is -3.68. The normalized spacial score (nSPS) is 11.4. The highest BCUT2D eigenvalue weighted by molar-refractivity contribution is 7.92. The van der Waals surface area contributed by atoms with Gasteiger partial charge in [-0.2, -0.15) is 5.10 Å². The topological polar surface area (TPSA) is 97.3 Å². The summed E-state index contributed by atoms with van der Waals surface area (Å²) >= 11 is 6.04. The summed E-state index contributed by atoms with van der Waals surface area (Å²) in [5.41, 5.74) is 5.28. The zero-order valence-electron chi connectivity index (χ0n) is 21.0. The van der Waals surface area contributed by atoms with Crippen LogP contribution in [0.25, 0.3) is 0 Å². The zero-order chi connectivity index (χ0) is 26.8. The number of aryl methyl sites for hydroxylation is 1. The molecule has 0 atom stereocenters. The van der Waals surface area contributed by atoms with E-state index in [0.29, 0.717) is 47.4 Å². The predicted molar refractivity (Wildman–Crippen MR) is 147 cm³/mol. The molecular weight excluding hydrogens is 514 g/mol. The van der Waals surface area contributed by atoms with Crippen LogP contribution in [0.4, 0.5) is 5.69 Å². The lowest BCUT2D eigenvalue weighted by atomic mass is 10.1. The van der Waals surface area contributed by atoms with Crippen LogP contribution in [-0.2, 0) is 27.8 Å². The van der Waals surface area contributed by atoms with Crippen molar-refractivity contribution in [3.05, 3.63) is 88.4 Å². The second-order valence-electron chi connectivity index (χ2n) is 8.10. The Morgan fingerprint density at radius 3 is 2.51 bits per heavy atom. The molecular formula is C27H30ClN3O5S. The summed E-state index contributed by atoms with van der Waals surface area (Å²) < 4.78 is 37.5. The maximum atomic E-state index is 12.5. The fourth-order valence-electron chi connectivity index (χ4n) is 3.56. The molecule has 0 fully saturated rings. The van der Waals surface area contributed by atoms with Crippen molar-refractivity contribution in [1.29, 1.82) is 0 Å². The average Bonchev–Trinajstić information content (AvgIpc) is 2.86. The molecule has 0 aliphatic carbocycles. The number of hydrogen-bond donors (Lipinski definition) is 1. The van der Waals surface area contributed by atoms with E-state index in [-0.39, 0.29) is 0 Å². The van der Waals surface area contributed by atoms with Gasteiger partial charge in [0.25, 0.3) is 5.91 Å². The smallest absolute Gasteiger partial charge is 0.260 e. The summed E-state index contributed by atoms with van der Waals surface area (Å²) in [6.07, 6.45) is 3.15. The van der Waals surface area contributed by atoms with Crippen molar-refractivity contribution < 1.29 is 22.7 Å². The number of sulfonamides is 1. The van der Waals surface area contributed by atoms with Gasteiger partial charge in [-0.15, -0.1) is 0 Å². The summed E-state index contributed by atoms with van der Waals surface area (Å²) in [5.74, 6) is 0.514. The number of rotatable bonds is 12. The number of amides is 1. The number of benzene rings is 3. The summed E-state index contributed by atoms with van der Waals surface area (Å²) in [7, 11) is -3.68. The van der Waals surface area contributed by atoms with Gasteiger partial charge in [0.15, 0.2) is 11.5 Å². The van der Waals surface area contributed by atoms with E-state index in [1.165, 1.54) is 6.21 Å². The van der Waals surface area contributed by atoms with Gasteiger partial charge < -0.3 is 9.47 Å². The Morgan fingerprint density at radius 1 is 1.03 bits per heavy atom. The lowest BCUT2D eigenvalue weighted by Gasteiger charge is -2.23. The maximum absolute atomic E-state index is 12.5. The molecule has 0 aliphatic heterocycles. The number of ether oxygens (including phenoxy) is 2. The van der Waals surface area contributed by atoms with E-state index in [0.717, 1.165) is 21.7 Å².